The number of anilines is 1. The predicted octanol–water partition coefficient (Wildman–Crippen LogP) is 3.65. The van der Waals surface area contributed by atoms with E-state index in [0.29, 0.717) is 5.56 Å². The van der Waals surface area contributed by atoms with Crippen LogP contribution < -0.4 is 4.72 Å². The van der Waals surface area contributed by atoms with E-state index in [1.165, 1.54) is 12.3 Å². The molecule has 0 radical (unpaired) electrons. The quantitative estimate of drug-likeness (QED) is 0.730. The van der Waals surface area contributed by atoms with E-state index >= 15 is 0 Å². The first-order valence-corrected chi connectivity index (χ1v) is 8.96. The van der Waals surface area contributed by atoms with Gasteiger partial charge < -0.3 is 4.72 Å². The molecule has 1 atom stereocenters. The highest BCUT2D eigenvalue weighted by Crippen LogP contribution is 2.36. The Balaban J connectivity index is 1.78. The summed E-state index contributed by atoms with van der Waals surface area (Å²) in [5, 5.41) is 6.63. The van der Waals surface area contributed by atoms with Crippen molar-refractivity contribution >= 4 is 16.7 Å². The number of aromatic amines is 1. The normalized spacial score (nSPS) is 15.1. The summed E-state index contributed by atoms with van der Waals surface area (Å²) in [5.74, 6) is -1.52. The lowest BCUT2D eigenvalue weighted by molar-refractivity contribution is 0.591. The first-order chi connectivity index (χ1) is 12.1. The monoisotopic (exact) mass is 360 g/mol. The Morgan fingerprint density at radius 3 is 2.64 bits per heavy atom. The van der Waals surface area contributed by atoms with Crippen molar-refractivity contribution in [3.05, 3.63) is 54.5 Å². The molecule has 0 bridgehead atoms. The van der Waals surface area contributed by atoms with Crippen molar-refractivity contribution in [2.45, 2.75) is 18.1 Å². The van der Waals surface area contributed by atoms with Crippen LogP contribution in [-0.2, 0) is 11.0 Å². The Labute approximate surface area is 145 Å². The van der Waals surface area contributed by atoms with E-state index in [0.717, 1.165) is 24.5 Å². The van der Waals surface area contributed by atoms with E-state index in [4.69, 9.17) is 0 Å². The molecule has 25 heavy (non-hydrogen) atoms. The summed E-state index contributed by atoms with van der Waals surface area (Å²) in [7, 11) is -1.37. The molecular weight excluding hydrogens is 346 g/mol. The van der Waals surface area contributed by atoms with E-state index in [9.17, 15) is 13.0 Å². The van der Waals surface area contributed by atoms with Crippen molar-refractivity contribution < 1.29 is 13.0 Å². The maximum absolute atomic E-state index is 14.9. The van der Waals surface area contributed by atoms with Crippen molar-refractivity contribution in [2.24, 2.45) is 0 Å². The Morgan fingerprint density at radius 1 is 1.16 bits per heavy atom. The number of halogens is 2. The zero-order valence-corrected chi connectivity index (χ0v) is 13.8. The van der Waals surface area contributed by atoms with Crippen molar-refractivity contribution in [2.75, 3.05) is 4.72 Å². The van der Waals surface area contributed by atoms with E-state index in [-0.39, 0.29) is 22.2 Å². The fourth-order valence-corrected chi connectivity index (χ4v) is 3.67. The van der Waals surface area contributed by atoms with Gasteiger partial charge in [-0.25, -0.2) is 13.0 Å². The molecule has 1 saturated carbocycles. The number of nitrogens with zero attached hydrogens (tertiary/aromatic N) is 2. The van der Waals surface area contributed by atoms with E-state index in [2.05, 4.69) is 19.9 Å². The lowest BCUT2D eigenvalue weighted by atomic mass is 10.0. The number of H-pyrrole nitrogens is 1. The van der Waals surface area contributed by atoms with Gasteiger partial charge in [0.15, 0.2) is 5.82 Å². The van der Waals surface area contributed by atoms with Gasteiger partial charge in [0.25, 0.3) is 0 Å². The van der Waals surface area contributed by atoms with Crippen LogP contribution >= 0.6 is 0 Å². The van der Waals surface area contributed by atoms with Gasteiger partial charge in [-0.1, -0.05) is 0 Å². The first kappa shape index (κ1) is 15.9. The number of rotatable bonds is 5. The van der Waals surface area contributed by atoms with Gasteiger partial charge in [0.2, 0.25) is 0 Å². The van der Waals surface area contributed by atoms with Crippen molar-refractivity contribution in [1.82, 2.24) is 15.2 Å². The van der Waals surface area contributed by atoms with Gasteiger partial charge >= 0.3 is 0 Å². The van der Waals surface area contributed by atoms with Crippen LogP contribution in [0.2, 0.25) is 0 Å². The zero-order valence-electron chi connectivity index (χ0n) is 13.0. The van der Waals surface area contributed by atoms with Gasteiger partial charge in [0, 0.05) is 18.0 Å². The van der Waals surface area contributed by atoms with Crippen molar-refractivity contribution in [1.29, 1.82) is 0 Å². The largest absolute Gasteiger partial charge is 0.302 e. The molecule has 0 spiro atoms. The summed E-state index contributed by atoms with van der Waals surface area (Å²) >= 11 is 0. The summed E-state index contributed by atoms with van der Waals surface area (Å²) in [5.41, 5.74) is 1.29. The summed E-state index contributed by atoms with van der Waals surface area (Å²) in [6, 6.07) is 5.88. The van der Waals surface area contributed by atoms with Gasteiger partial charge in [-0.05, 0) is 42.7 Å². The fraction of sp³-hybridized carbons (Fsp3) is 0.176. The Hall–Kier alpha value is -2.61. The number of nitrogens with one attached hydrogen (secondary N) is 2. The molecule has 0 aliphatic heterocycles. The maximum atomic E-state index is 14.9. The first-order valence-electron chi connectivity index (χ1n) is 7.74. The second-order valence-electron chi connectivity index (χ2n) is 5.78. The van der Waals surface area contributed by atoms with Crippen LogP contribution in [0.5, 0.6) is 0 Å². The highest BCUT2D eigenvalue weighted by Gasteiger charge is 2.30. The molecule has 5 nitrogen and oxygen atoms in total. The van der Waals surface area contributed by atoms with Gasteiger partial charge in [0.1, 0.15) is 16.8 Å². The molecule has 1 fully saturated rings. The molecular formula is C17H14F2N4OS. The zero-order chi connectivity index (χ0) is 17.4. The van der Waals surface area contributed by atoms with Gasteiger partial charge in [0.05, 0.1) is 28.4 Å². The van der Waals surface area contributed by atoms with Crippen LogP contribution in [0.1, 0.15) is 12.8 Å². The van der Waals surface area contributed by atoms with Crippen molar-refractivity contribution in [3.8, 4) is 22.4 Å². The Bertz CT molecular complexity index is 941. The Morgan fingerprint density at radius 2 is 1.92 bits per heavy atom. The van der Waals surface area contributed by atoms with Crippen LogP contribution in [0.15, 0.2) is 42.9 Å². The second kappa shape index (κ2) is 6.36. The van der Waals surface area contributed by atoms with Crippen LogP contribution in [0.3, 0.4) is 0 Å². The van der Waals surface area contributed by atoms with E-state index in [1.54, 1.807) is 24.5 Å². The average molecular weight is 360 g/mol. The lowest BCUT2D eigenvalue weighted by Gasteiger charge is -2.11. The smallest absolute Gasteiger partial charge is 0.159 e. The molecule has 2 N–H and O–H groups in total. The van der Waals surface area contributed by atoms with E-state index < -0.39 is 22.6 Å². The summed E-state index contributed by atoms with van der Waals surface area (Å²) < 4.78 is 44.0. The van der Waals surface area contributed by atoms with Crippen LogP contribution in [-0.4, -0.2) is 24.6 Å². The molecule has 0 amide bonds. The highest BCUT2D eigenvalue weighted by atomic mass is 32.2. The molecule has 1 aliphatic rings. The molecule has 2 heterocycles. The molecule has 4 rings (SSSR count). The topological polar surface area (TPSA) is 70.7 Å². The number of pyridine rings is 1. The molecule has 1 aromatic carbocycles. The average Bonchev–Trinajstić information content (AvgIpc) is 3.37. The molecule has 1 unspecified atom stereocenters. The Kier molecular flexibility index (Phi) is 4.04. The minimum absolute atomic E-state index is 0.0110. The van der Waals surface area contributed by atoms with Crippen LogP contribution in [0, 0.1) is 11.6 Å². The third-order valence-corrected chi connectivity index (χ3v) is 5.51. The standard InChI is InChI=1S/C17H14F2N4OS/c18-13-3-4-14(23-25(24)11-1-2-11)16(19)15(13)17-12(9-21-22-17)10-5-7-20-8-6-10/h3-9,11,23H,1-2H2,(H,21,22). The fourth-order valence-electron chi connectivity index (χ4n) is 2.56. The molecule has 3 aromatic rings. The molecule has 0 saturated heterocycles. The predicted molar refractivity (Wildman–Crippen MR) is 92.0 cm³/mol. The third kappa shape index (κ3) is 3.05. The number of aromatic nitrogens is 3. The minimum Gasteiger partial charge on any atom is -0.302 e. The molecule has 128 valence electrons. The highest BCUT2D eigenvalue weighted by molar-refractivity contribution is 7.87. The van der Waals surface area contributed by atoms with Crippen LogP contribution in [0.25, 0.3) is 22.4 Å². The maximum Gasteiger partial charge on any atom is 0.159 e. The lowest BCUT2D eigenvalue weighted by Crippen LogP contribution is -2.11. The van der Waals surface area contributed by atoms with Gasteiger partial charge in [-0.15, -0.1) is 0 Å². The second-order valence-corrected chi connectivity index (χ2v) is 7.24. The third-order valence-electron chi connectivity index (χ3n) is 4.01. The van der Waals surface area contributed by atoms with E-state index in [1.807, 2.05) is 0 Å². The molecule has 2 aromatic heterocycles. The summed E-state index contributed by atoms with van der Waals surface area (Å²) in [6.07, 6.45) is 6.39. The van der Waals surface area contributed by atoms with Crippen molar-refractivity contribution in [3.63, 3.8) is 0 Å². The summed E-state index contributed by atoms with van der Waals surface area (Å²) in [4.78, 5) is 3.94. The number of hydrogen-bond donors (Lipinski definition) is 2. The number of hydrogen-bond acceptors (Lipinski definition) is 3. The summed E-state index contributed by atoms with van der Waals surface area (Å²) in [6.45, 7) is 0. The van der Waals surface area contributed by atoms with Gasteiger partial charge in [-0.3, -0.25) is 10.1 Å². The molecule has 8 heteroatoms. The number of benzene rings is 1. The molecule has 1 aliphatic carbocycles. The SMILES string of the molecule is O=S(Nc1ccc(F)c(-c2[nH]ncc2-c2ccncc2)c1F)C1CC1. The minimum atomic E-state index is -1.37. The van der Waals surface area contributed by atoms with Crippen LogP contribution in [0.4, 0.5) is 14.5 Å². The van der Waals surface area contributed by atoms with Gasteiger partial charge in [-0.2, -0.15) is 5.10 Å².